The van der Waals surface area contributed by atoms with Gasteiger partial charge in [-0.05, 0) is 62.5 Å². The van der Waals surface area contributed by atoms with Crippen LogP contribution in [0.15, 0.2) is 54.6 Å². The molecule has 2 aromatic carbocycles. The SMILES string of the molecule is CC(c1ccccc1)N(C)CCCC(C#N)(c1ccc(C(F)(F)F)cc1)C(C)C. The number of alkyl halides is 3. The van der Waals surface area contributed by atoms with Crippen molar-refractivity contribution in [2.75, 3.05) is 13.6 Å². The Bertz CT molecular complexity index is 807. The van der Waals surface area contributed by atoms with E-state index in [1.54, 1.807) is 0 Å². The molecule has 2 nitrogen and oxygen atoms in total. The number of benzene rings is 2. The minimum Gasteiger partial charge on any atom is -0.300 e. The van der Waals surface area contributed by atoms with E-state index in [4.69, 9.17) is 0 Å². The summed E-state index contributed by atoms with van der Waals surface area (Å²) in [5.41, 5.74) is 0.393. The number of nitriles is 1. The highest BCUT2D eigenvalue weighted by molar-refractivity contribution is 5.36. The van der Waals surface area contributed by atoms with Gasteiger partial charge in [0, 0.05) is 6.04 Å². The zero-order chi connectivity index (χ0) is 21.7. The second-order valence-corrected chi connectivity index (χ2v) is 7.98. The summed E-state index contributed by atoms with van der Waals surface area (Å²) in [6.45, 7) is 6.85. The molecule has 0 spiro atoms. The Morgan fingerprint density at radius 1 is 0.931 bits per heavy atom. The van der Waals surface area contributed by atoms with Gasteiger partial charge in [-0.25, -0.2) is 0 Å². The fraction of sp³-hybridized carbons (Fsp3) is 0.458. The van der Waals surface area contributed by atoms with Crippen molar-refractivity contribution in [2.24, 2.45) is 5.92 Å². The fourth-order valence-corrected chi connectivity index (χ4v) is 3.76. The molecule has 0 aliphatic heterocycles. The van der Waals surface area contributed by atoms with Gasteiger partial charge in [-0.1, -0.05) is 56.3 Å². The summed E-state index contributed by atoms with van der Waals surface area (Å²) in [7, 11) is 2.05. The first-order valence-electron chi connectivity index (χ1n) is 9.96. The van der Waals surface area contributed by atoms with Gasteiger partial charge in [0.25, 0.3) is 0 Å². The molecule has 0 radical (unpaired) electrons. The van der Waals surface area contributed by atoms with Crippen LogP contribution in [0.5, 0.6) is 0 Å². The lowest BCUT2D eigenvalue weighted by Gasteiger charge is -2.33. The van der Waals surface area contributed by atoms with Crippen molar-refractivity contribution < 1.29 is 13.2 Å². The topological polar surface area (TPSA) is 27.0 Å². The number of nitrogens with zero attached hydrogens (tertiary/aromatic N) is 2. The lowest BCUT2D eigenvalue weighted by Crippen LogP contribution is -2.32. The molecule has 0 aliphatic rings. The molecule has 0 heterocycles. The van der Waals surface area contributed by atoms with Crippen molar-refractivity contribution in [3.8, 4) is 6.07 Å². The summed E-state index contributed by atoms with van der Waals surface area (Å²) in [5, 5.41) is 10.00. The molecule has 156 valence electrons. The van der Waals surface area contributed by atoms with E-state index in [1.165, 1.54) is 17.7 Å². The third kappa shape index (κ3) is 5.39. The molecule has 0 aliphatic carbocycles. The molecular formula is C24H29F3N2. The van der Waals surface area contributed by atoms with Crippen LogP contribution in [0.2, 0.25) is 0 Å². The second kappa shape index (κ2) is 9.45. The molecule has 2 unspecified atom stereocenters. The van der Waals surface area contributed by atoms with Crippen molar-refractivity contribution in [3.63, 3.8) is 0 Å². The van der Waals surface area contributed by atoms with Gasteiger partial charge in [-0.15, -0.1) is 0 Å². The van der Waals surface area contributed by atoms with E-state index >= 15 is 0 Å². The summed E-state index contributed by atoms with van der Waals surface area (Å²) in [6.07, 6.45) is -3.00. The van der Waals surface area contributed by atoms with E-state index in [0.717, 1.165) is 25.1 Å². The van der Waals surface area contributed by atoms with E-state index in [2.05, 4.69) is 37.1 Å². The van der Waals surface area contributed by atoms with Crippen LogP contribution in [0.25, 0.3) is 0 Å². The molecule has 0 bridgehead atoms. The van der Waals surface area contributed by atoms with Crippen molar-refractivity contribution in [2.45, 2.75) is 51.2 Å². The minimum atomic E-state index is -4.37. The molecule has 2 aromatic rings. The molecule has 0 aromatic heterocycles. The highest BCUT2D eigenvalue weighted by Gasteiger charge is 2.37. The number of rotatable bonds is 8. The molecule has 29 heavy (non-hydrogen) atoms. The van der Waals surface area contributed by atoms with Crippen molar-refractivity contribution in [3.05, 3.63) is 71.3 Å². The van der Waals surface area contributed by atoms with Crippen molar-refractivity contribution in [1.29, 1.82) is 5.26 Å². The van der Waals surface area contributed by atoms with Crippen LogP contribution >= 0.6 is 0 Å². The van der Waals surface area contributed by atoms with E-state index < -0.39 is 17.2 Å². The first-order valence-corrected chi connectivity index (χ1v) is 9.96. The lowest BCUT2D eigenvalue weighted by molar-refractivity contribution is -0.137. The molecule has 0 saturated carbocycles. The Hall–Kier alpha value is -2.32. The third-order valence-corrected chi connectivity index (χ3v) is 5.94. The smallest absolute Gasteiger partial charge is 0.300 e. The van der Waals surface area contributed by atoms with Gasteiger partial charge >= 0.3 is 6.18 Å². The summed E-state index contributed by atoms with van der Waals surface area (Å²) in [5.74, 6) is -0.0129. The van der Waals surface area contributed by atoms with Gasteiger partial charge in [0.05, 0.1) is 17.0 Å². The highest BCUT2D eigenvalue weighted by atomic mass is 19.4. The standard InChI is InChI=1S/C24H29F3N2/c1-18(2)23(17-28,21-11-13-22(14-12-21)24(25,26)27)15-8-16-29(4)19(3)20-9-6-5-7-10-20/h5-7,9-14,18-19H,8,15-16H2,1-4H3. The maximum absolute atomic E-state index is 12.9. The average molecular weight is 403 g/mol. The monoisotopic (exact) mass is 402 g/mol. The van der Waals surface area contributed by atoms with Crippen LogP contribution in [-0.2, 0) is 11.6 Å². The van der Waals surface area contributed by atoms with Crippen LogP contribution in [0.3, 0.4) is 0 Å². The van der Waals surface area contributed by atoms with Crippen LogP contribution in [0, 0.1) is 17.2 Å². The molecule has 0 N–H and O–H groups in total. The number of hydrogen-bond donors (Lipinski definition) is 0. The maximum atomic E-state index is 12.9. The minimum absolute atomic E-state index is 0.0129. The summed E-state index contributed by atoms with van der Waals surface area (Å²) in [6, 6.07) is 18.0. The zero-order valence-electron chi connectivity index (χ0n) is 17.5. The van der Waals surface area contributed by atoms with Crippen LogP contribution in [-0.4, -0.2) is 18.5 Å². The van der Waals surface area contributed by atoms with E-state index in [-0.39, 0.29) is 12.0 Å². The van der Waals surface area contributed by atoms with Gasteiger partial charge in [-0.2, -0.15) is 18.4 Å². The molecule has 2 atom stereocenters. The Labute approximate surface area is 172 Å². The first-order chi connectivity index (χ1) is 13.6. The second-order valence-electron chi connectivity index (χ2n) is 7.98. The van der Waals surface area contributed by atoms with Crippen LogP contribution in [0.1, 0.15) is 56.3 Å². The Morgan fingerprint density at radius 2 is 1.48 bits per heavy atom. The lowest BCUT2D eigenvalue weighted by atomic mass is 9.69. The zero-order valence-corrected chi connectivity index (χ0v) is 17.5. The normalized spacial score (nSPS) is 15.2. The van der Waals surface area contributed by atoms with Crippen LogP contribution < -0.4 is 0 Å². The summed E-state index contributed by atoms with van der Waals surface area (Å²) >= 11 is 0. The fourth-order valence-electron chi connectivity index (χ4n) is 3.76. The molecule has 5 heteroatoms. The first kappa shape index (κ1) is 23.0. The molecule has 0 fully saturated rings. The summed E-state index contributed by atoms with van der Waals surface area (Å²) < 4.78 is 38.7. The Balaban J connectivity index is 2.12. The third-order valence-electron chi connectivity index (χ3n) is 5.94. The van der Waals surface area contributed by atoms with E-state index in [1.807, 2.05) is 32.0 Å². The molecular weight excluding hydrogens is 373 g/mol. The predicted molar refractivity (Wildman–Crippen MR) is 110 cm³/mol. The molecule has 0 saturated heterocycles. The van der Waals surface area contributed by atoms with Gasteiger partial charge in [0.15, 0.2) is 0 Å². The summed E-state index contributed by atoms with van der Waals surface area (Å²) in [4.78, 5) is 2.24. The number of hydrogen-bond acceptors (Lipinski definition) is 2. The number of halogens is 3. The van der Waals surface area contributed by atoms with Crippen molar-refractivity contribution in [1.82, 2.24) is 4.90 Å². The molecule has 2 rings (SSSR count). The molecule has 0 amide bonds. The highest BCUT2D eigenvalue weighted by Crippen LogP contribution is 2.38. The predicted octanol–water partition coefficient (Wildman–Crippen LogP) is 6.60. The Morgan fingerprint density at radius 3 is 1.97 bits per heavy atom. The van der Waals surface area contributed by atoms with Crippen LogP contribution in [0.4, 0.5) is 13.2 Å². The van der Waals surface area contributed by atoms with E-state index in [0.29, 0.717) is 12.0 Å². The van der Waals surface area contributed by atoms with Gasteiger partial charge < -0.3 is 0 Å². The largest absolute Gasteiger partial charge is 0.416 e. The quantitative estimate of drug-likeness (QED) is 0.498. The van der Waals surface area contributed by atoms with Gasteiger partial charge in [-0.3, -0.25) is 4.90 Å². The van der Waals surface area contributed by atoms with Gasteiger partial charge in [0.1, 0.15) is 0 Å². The average Bonchev–Trinajstić information content (AvgIpc) is 2.70. The Kier molecular flexibility index (Phi) is 7.48. The maximum Gasteiger partial charge on any atom is 0.416 e. The van der Waals surface area contributed by atoms with Gasteiger partial charge in [0.2, 0.25) is 0 Å². The van der Waals surface area contributed by atoms with Crippen molar-refractivity contribution >= 4 is 0 Å². The van der Waals surface area contributed by atoms with E-state index in [9.17, 15) is 18.4 Å².